The minimum Gasteiger partial charge on any atom is -0.349 e. The fourth-order valence-corrected chi connectivity index (χ4v) is 5.42. The quantitative estimate of drug-likeness (QED) is 0.838. The third-order valence-corrected chi connectivity index (χ3v) is 7.73. The Morgan fingerprint density at radius 2 is 1.77 bits per heavy atom. The van der Waals surface area contributed by atoms with Crippen molar-refractivity contribution in [1.82, 2.24) is 9.62 Å². The van der Waals surface area contributed by atoms with Crippen LogP contribution in [0, 0.1) is 5.92 Å². The Bertz CT molecular complexity index is 752. The van der Waals surface area contributed by atoms with Crippen molar-refractivity contribution in [2.45, 2.75) is 62.8 Å². The predicted molar refractivity (Wildman–Crippen MR) is 103 cm³/mol. The summed E-state index contributed by atoms with van der Waals surface area (Å²) in [6.45, 7) is 3.19. The molecular weight excluding hydrogens is 372 g/mol. The van der Waals surface area contributed by atoms with Crippen molar-refractivity contribution >= 4 is 27.5 Å². The van der Waals surface area contributed by atoms with Crippen LogP contribution in [0.15, 0.2) is 23.1 Å². The van der Waals surface area contributed by atoms with Gasteiger partial charge >= 0.3 is 0 Å². The van der Waals surface area contributed by atoms with E-state index in [2.05, 4.69) is 12.2 Å². The Balaban J connectivity index is 1.79. The number of amides is 1. The zero-order chi connectivity index (χ0) is 18.7. The Labute approximate surface area is 161 Å². The van der Waals surface area contributed by atoms with Crippen molar-refractivity contribution in [3.8, 4) is 0 Å². The van der Waals surface area contributed by atoms with Crippen LogP contribution in [-0.2, 0) is 10.0 Å². The van der Waals surface area contributed by atoms with Crippen LogP contribution in [0.2, 0.25) is 5.02 Å². The number of piperidine rings is 1. The van der Waals surface area contributed by atoms with Gasteiger partial charge < -0.3 is 5.32 Å². The number of halogens is 1. The van der Waals surface area contributed by atoms with Gasteiger partial charge in [0.15, 0.2) is 0 Å². The second kappa shape index (κ2) is 8.28. The van der Waals surface area contributed by atoms with Crippen LogP contribution < -0.4 is 5.32 Å². The van der Waals surface area contributed by atoms with Gasteiger partial charge in [0.05, 0.1) is 15.5 Å². The van der Waals surface area contributed by atoms with Crippen LogP contribution in [0.25, 0.3) is 0 Å². The molecule has 7 heteroatoms. The zero-order valence-electron chi connectivity index (χ0n) is 15.2. The first-order valence-corrected chi connectivity index (χ1v) is 11.3. The molecule has 0 spiro atoms. The number of rotatable bonds is 4. The number of carbonyl (C=O) groups is 1. The van der Waals surface area contributed by atoms with E-state index in [1.807, 2.05) is 0 Å². The van der Waals surface area contributed by atoms with E-state index < -0.39 is 10.0 Å². The molecule has 1 saturated carbocycles. The van der Waals surface area contributed by atoms with Gasteiger partial charge in [0.25, 0.3) is 5.91 Å². The first-order valence-electron chi connectivity index (χ1n) is 9.48. The monoisotopic (exact) mass is 398 g/mol. The summed E-state index contributed by atoms with van der Waals surface area (Å²) in [5.74, 6) is 0.259. The highest BCUT2D eigenvalue weighted by atomic mass is 35.5. The van der Waals surface area contributed by atoms with Gasteiger partial charge in [-0.15, -0.1) is 0 Å². The molecule has 1 aromatic carbocycles. The lowest BCUT2D eigenvalue weighted by Crippen LogP contribution is -2.38. The maximum absolute atomic E-state index is 12.9. The van der Waals surface area contributed by atoms with Crippen molar-refractivity contribution in [3.05, 3.63) is 28.8 Å². The summed E-state index contributed by atoms with van der Waals surface area (Å²) in [4.78, 5) is 12.8. The molecule has 0 atom stereocenters. The Morgan fingerprint density at radius 1 is 1.12 bits per heavy atom. The average Bonchev–Trinajstić information content (AvgIpc) is 2.63. The van der Waals surface area contributed by atoms with Gasteiger partial charge in [0.2, 0.25) is 10.0 Å². The fourth-order valence-electron chi connectivity index (χ4n) is 3.72. The summed E-state index contributed by atoms with van der Waals surface area (Å²) in [6, 6.07) is 4.58. The summed E-state index contributed by atoms with van der Waals surface area (Å²) < 4.78 is 27.4. The van der Waals surface area contributed by atoms with Crippen LogP contribution in [0.3, 0.4) is 0 Å². The molecule has 26 heavy (non-hydrogen) atoms. The SMILES string of the molecule is CC1CCN(S(=O)(=O)c2ccc(Cl)c(C(=O)NC3CCCCC3)c2)CC1. The summed E-state index contributed by atoms with van der Waals surface area (Å²) in [5, 5.41) is 3.29. The fraction of sp³-hybridized carbons (Fsp3) is 0.632. The van der Waals surface area contributed by atoms with Gasteiger partial charge in [-0.1, -0.05) is 37.8 Å². The smallest absolute Gasteiger partial charge is 0.253 e. The van der Waals surface area contributed by atoms with Gasteiger partial charge in [-0.05, 0) is 49.8 Å². The largest absolute Gasteiger partial charge is 0.349 e. The van der Waals surface area contributed by atoms with Crippen molar-refractivity contribution in [2.24, 2.45) is 5.92 Å². The van der Waals surface area contributed by atoms with E-state index in [0.29, 0.717) is 19.0 Å². The zero-order valence-corrected chi connectivity index (χ0v) is 16.8. The minimum absolute atomic E-state index is 0.144. The standard InChI is InChI=1S/C19H27ClN2O3S/c1-14-9-11-22(12-10-14)26(24,25)16-7-8-18(20)17(13-16)19(23)21-15-5-3-2-4-6-15/h7-8,13-15H,2-6,9-12H2,1H3,(H,21,23). The number of benzene rings is 1. The molecule has 1 aromatic rings. The number of hydrogen-bond donors (Lipinski definition) is 1. The van der Waals surface area contributed by atoms with Crippen LogP contribution in [0.1, 0.15) is 62.2 Å². The van der Waals surface area contributed by atoms with Crippen LogP contribution in [0.4, 0.5) is 0 Å². The van der Waals surface area contributed by atoms with E-state index in [9.17, 15) is 13.2 Å². The molecule has 2 fully saturated rings. The maximum Gasteiger partial charge on any atom is 0.253 e. The second-order valence-electron chi connectivity index (χ2n) is 7.54. The molecule has 1 aliphatic carbocycles. The molecule has 0 radical (unpaired) electrons. The Hall–Kier alpha value is -1.11. The summed E-state index contributed by atoms with van der Waals surface area (Å²) in [6.07, 6.45) is 7.08. The van der Waals surface area contributed by atoms with Crippen molar-refractivity contribution in [3.63, 3.8) is 0 Å². The average molecular weight is 399 g/mol. The van der Waals surface area contributed by atoms with Gasteiger partial charge in [-0.2, -0.15) is 4.31 Å². The Kier molecular flexibility index (Phi) is 6.25. The second-order valence-corrected chi connectivity index (χ2v) is 9.88. The molecule has 5 nitrogen and oxygen atoms in total. The van der Waals surface area contributed by atoms with E-state index in [0.717, 1.165) is 38.5 Å². The maximum atomic E-state index is 12.9. The molecule has 1 amide bonds. The number of hydrogen-bond acceptors (Lipinski definition) is 3. The van der Waals surface area contributed by atoms with Crippen LogP contribution in [-0.4, -0.2) is 37.8 Å². The number of carbonyl (C=O) groups excluding carboxylic acids is 1. The van der Waals surface area contributed by atoms with Crippen molar-refractivity contribution in [2.75, 3.05) is 13.1 Å². The molecule has 1 N–H and O–H groups in total. The molecule has 144 valence electrons. The molecule has 0 unspecified atom stereocenters. The molecular formula is C19H27ClN2O3S. The summed E-state index contributed by atoms with van der Waals surface area (Å²) in [7, 11) is -3.60. The van der Waals surface area contributed by atoms with Crippen molar-refractivity contribution < 1.29 is 13.2 Å². The minimum atomic E-state index is -3.60. The lowest BCUT2D eigenvalue weighted by atomic mass is 9.95. The molecule has 0 bridgehead atoms. The molecule has 1 aliphatic heterocycles. The summed E-state index contributed by atoms with van der Waals surface area (Å²) in [5.41, 5.74) is 0.240. The predicted octanol–water partition coefficient (Wildman–Crippen LogP) is 3.82. The van der Waals surface area contributed by atoms with E-state index >= 15 is 0 Å². The Morgan fingerprint density at radius 3 is 2.42 bits per heavy atom. The highest BCUT2D eigenvalue weighted by Crippen LogP contribution is 2.27. The molecule has 1 heterocycles. The highest BCUT2D eigenvalue weighted by molar-refractivity contribution is 7.89. The first-order chi connectivity index (χ1) is 12.4. The molecule has 2 aliphatic rings. The lowest BCUT2D eigenvalue weighted by Gasteiger charge is -2.29. The van der Waals surface area contributed by atoms with Gasteiger partial charge in [-0.3, -0.25) is 4.79 Å². The summed E-state index contributed by atoms with van der Waals surface area (Å²) >= 11 is 6.19. The van der Waals surface area contributed by atoms with Gasteiger partial charge in [0.1, 0.15) is 0 Å². The molecule has 1 saturated heterocycles. The van der Waals surface area contributed by atoms with Crippen LogP contribution in [0.5, 0.6) is 0 Å². The molecule has 0 aromatic heterocycles. The van der Waals surface area contributed by atoms with Gasteiger partial charge in [-0.25, -0.2) is 8.42 Å². The third kappa shape index (κ3) is 4.41. The third-order valence-electron chi connectivity index (χ3n) is 5.50. The number of sulfonamides is 1. The van der Waals surface area contributed by atoms with E-state index in [-0.39, 0.29) is 27.4 Å². The molecule has 3 rings (SSSR count). The number of nitrogens with zero attached hydrogens (tertiary/aromatic N) is 1. The normalized spacial score (nSPS) is 20.8. The van der Waals surface area contributed by atoms with Crippen molar-refractivity contribution in [1.29, 1.82) is 0 Å². The first kappa shape index (κ1) is 19.6. The highest BCUT2D eigenvalue weighted by Gasteiger charge is 2.29. The van der Waals surface area contributed by atoms with E-state index in [1.165, 1.54) is 28.9 Å². The van der Waals surface area contributed by atoms with Gasteiger partial charge in [0, 0.05) is 19.1 Å². The number of nitrogens with one attached hydrogen (secondary N) is 1. The lowest BCUT2D eigenvalue weighted by molar-refractivity contribution is 0.0927. The topological polar surface area (TPSA) is 66.5 Å². The van der Waals surface area contributed by atoms with Crippen LogP contribution >= 0.6 is 11.6 Å². The van der Waals surface area contributed by atoms with E-state index in [4.69, 9.17) is 11.6 Å². The van der Waals surface area contributed by atoms with E-state index in [1.54, 1.807) is 0 Å².